The van der Waals surface area contributed by atoms with Crippen LogP contribution < -0.4 is 19.6 Å². The number of carbonyl (C=O) groups excluding carboxylic acids is 1. The molecule has 0 saturated heterocycles. The van der Waals surface area contributed by atoms with Crippen molar-refractivity contribution >= 4 is 35.0 Å². The van der Waals surface area contributed by atoms with E-state index in [1.54, 1.807) is 42.7 Å². The van der Waals surface area contributed by atoms with Gasteiger partial charge in [0.2, 0.25) is 0 Å². The van der Waals surface area contributed by atoms with E-state index in [9.17, 15) is 9.59 Å². The molecule has 0 unspecified atom stereocenters. The molecule has 3 aromatic rings. The van der Waals surface area contributed by atoms with Crippen molar-refractivity contribution in [1.29, 1.82) is 0 Å². The average molecular weight is 497 g/mol. The van der Waals surface area contributed by atoms with E-state index in [0.29, 0.717) is 36.9 Å². The van der Waals surface area contributed by atoms with E-state index in [-0.39, 0.29) is 18.3 Å². The first kappa shape index (κ1) is 24.0. The summed E-state index contributed by atoms with van der Waals surface area (Å²) in [6.45, 7) is 7.62. The van der Waals surface area contributed by atoms with Gasteiger partial charge in [0.1, 0.15) is 5.75 Å². The minimum atomic E-state index is -0.635. The van der Waals surface area contributed by atoms with Crippen LogP contribution in [0.4, 0.5) is 0 Å². The van der Waals surface area contributed by atoms with Gasteiger partial charge in [0.05, 0.1) is 34.6 Å². The van der Waals surface area contributed by atoms with E-state index in [1.165, 1.54) is 11.3 Å². The quantitative estimate of drug-likeness (QED) is 0.479. The second-order valence-corrected chi connectivity index (χ2v) is 9.51. The molecule has 4 rings (SSSR count). The second-order valence-electron chi connectivity index (χ2n) is 8.06. The van der Waals surface area contributed by atoms with E-state index < -0.39 is 12.0 Å². The van der Waals surface area contributed by atoms with Gasteiger partial charge in [-0.1, -0.05) is 53.3 Å². The SMILES string of the molecule is CCOC(=O)C1=C(C)N=c2s/c(=C/c3cc(Cl)ccc3OC(C)C)c(=O)n2[C@@H]1c1ccccc1. The summed E-state index contributed by atoms with van der Waals surface area (Å²) in [4.78, 5) is 31.7. The van der Waals surface area contributed by atoms with Crippen LogP contribution >= 0.6 is 22.9 Å². The van der Waals surface area contributed by atoms with E-state index in [0.717, 1.165) is 5.56 Å². The zero-order valence-corrected chi connectivity index (χ0v) is 20.9. The molecular formula is C26H25ClN2O4S. The highest BCUT2D eigenvalue weighted by Gasteiger charge is 2.33. The lowest BCUT2D eigenvalue weighted by Crippen LogP contribution is -2.39. The van der Waals surface area contributed by atoms with Crippen molar-refractivity contribution in [3.63, 3.8) is 0 Å². The number of esters is 1. The highest BCUT2D eigenvalue weighted by molar-refractivity contribution is 7.07. The van der Waals surface area contributed by atoms with Crippen molar-refractivity contribution < 1.29 is 14.3 Å². The number of rotatable bonds is 6. The fraction of sp³-hybridized carbons (Fsp3) is 0.269. The van der Waals surface area contributed by atoms with Crippen molar-refractivity contribution in [1.82, 2.24) is 4.57 Å². The Balaban J connectivity index is 1.94. The Hall–Kier alpha value is -3.16. The highest BCUT2D eigenvalue weighted by Crippen LogP contribution is 2.30. The normalized spacial score (nSPS) is 15.8. The predicted molar refractivity (Wildman–Crippen MR) is 134 cm³/mol. The topological polar surface area (TPSA) is 69.9 Å². The minimum absolute atomic E-state index is 0.0394. The molecule has 34 heavy (non-hydrogen) atoms. The number of thiazole rings is 1. The third-order valence-electron chi connectivity index (χ3n) is 5.25. The third-order valence-corrected chi connectivity index (χ3v) is 6.47. The van der Waals surface area contributed by atoms with Crippen LogP contribution in [0.5, 0.6) is 5.75 Å². The number of ether oxygens (including phenoxy) is 2. The van der Waals surface area contributed by atoms with E-state index >= 15 is 0 Å². The smallest absolute Gasteiger partial charge is 0.338 e. The minimum Gasteiger partial charge on any atom is -0.490 e. The third kappa shape index (κ3) is 4.72. The number of allylic oxidation sites excluding steroid dienone is 1. The number of carbonyl (C=O) groups is 1. The van der Waals surface area contributed by atoms with Crippen molar-refractivity contribution in [2.24, 2.45) is 4.99 Å². The highest BCUT2D eigenvalue weighted by atomic mass is 35.5. The van der Waals surface area contributed by atoms with Gasteiger partial charge in [-0.3, -0.25) is 9.36 Å². The molecule has 0 N–H and O–H groups in total. The van der Waals surface area contributed by atoms with Crippen LogP contribution in [0.25, 0.3) is 6.08 Å². The molecule has 176 valence electrons. The Kier molecular flexibility index (Phi) is 7.05. The Morgan fingerprint density at radius 1 is 1.24 bits per heavy atom. The molecular weight excluding hydrogens is 472 g/mol. The monoisotopic (exact) mass is 496 g/mol. The number of hydrogen-bond donors (Lipinski definition) is 0. The van der Waals surface area contributed by atoms with Crippen LogP contribution in [0.2, 0.25) is 5.02 Å². The molecule has 6 nitrogen and oxygen atoms in total. The molecule has 1 aliphatic rings. The number of benzene rings is 2. The van der Waals surface area contributed by atoms with Crippen molar-refractivity contribution in [2.75, 3.05) is 6.61 Å². The van der Waals surface area contributed by atoms with Gasteiger partial charge in [0, 0.05) is 10.6 Å². The molecule has 0 aliphatic carbocycles. The van der Waals surface area contributed by atoms with Crippen LogP contribution in [-0.2, 0) is 9.53 Å². The predicted octanol–water partition coefficient (Wildman–Crippen LogP) is 4.24. The molecule has 1 aromatic heterocycles. The summed E-state index contributed by atoms with van der Waals surface area (Å²) in [6, 6.07) is 14.1. The molecule has 0 radical (unpaired) electrons. The number of nitrogens with zero attached hydrogens (tertiary/aromatic N) is 2. The van der Waals surface area contributed by atoms with Gasteiger partial charge in [-0.25, -0.2) is 9.79 Å². The number of fused-ring (bicyclic) bond motifs is 1. The number of aromatic nitrogens is 1. The van der Waals surface area contributed by atoms with Gasteiger partial charge < -0.3 is 9.47 Å². The van der Waals surface area contributed by atoms with Gasteiger partial charge in [0.25, 0.3) is 5.56 Å². The maximum absolute atomic E-state index is 13.7. The molecule has 2 aromatic carbocycles. The van der Waals surface area contributed by atoms with Crippen molar-refractivity contribution in [2.45, 2.75) is 39.8 Å². The molecule has 1 aliphatic heterocycles. The standard InChI is InChI=1S/C26H25ClN2O4S/c1-5-32-25(31)22-16(4)28-26-29(23(22)17-9-7-6-8-10-17)24(30)21(34-26)14-18-13-19(27)11-12-20(18)33-15(2)3/h6-15,23H,5H2,1-4H3/b21-14+/t23-/m1/s1. The van der Waals surface area contributed by atoms with Crippen molar-refractivity contribution in [3.05, 3.63) is 95.6 Å². The summed E-state index contributed by atoms with van der Waals surface area (Å²) >= 11 is 7.50. The van der Waals surface area contributed by atoms with Crippen LogP contribution in [0, 0.1) is 0 Å². The lowest BCUT2D eigenvalue weighted by atomic mass is 9.96. The van der Waals surface area contributed by atoms with Gasteiger partial charge in [0.15, 0.2) is 4.80 Å². The lowest BCUT2D eigenvalue weighted by molar-refractivity contribution is -0.139. The first-order valence-electron chi connectivity index (χ1n) is 11.0. The first-order chi connectivity index (χ1) is 16.3. The number of hydrogen-bond acceptors (Lipinski definition) is 6. The Bertz CT molecular complexity index is 1440. The van der Waals surface area contributed by atoms with E-state index in [1.807, 2.05) is 44.2 Å². The zero-order chi connectivity index (χ0) is 24.4. The van der Waals surface area contributed by atoms with Gasteiger partial charge in [-0.15, -0.1) is 0 Å². The summed E-state index contributed by atoms with van der Waals surface area (Å²) in [5.74, 6) is 0.155. The summed E-state index contributed by atoms with van der Waals surface area (Å²) < 4.78 is 13.3. The van der Waals surface area contributed by atoms with Crippen LogP contribution in [0.15, 0.2) is 69.6 Å². The fourth-order valence-electron chi connectivity index (χ4n) is 3.88. The average Bonchev–Trinajstić information content (AvgIpc) is 3.09. The summed E-state index contributed by atoms with van der Waals surface area (Å²) in [7, 11) is 0. The summed E-state index contributed by atoms with van der Waals surface area (Å²) in [6.07, 6.45) is 1.72. The zero-order valence-electron chi connectivity index (χ0n) is 19.4. The molecule has 8 heteroatoms. The van der Waals surface area contributed by atoms with Gasteiger partial charge >= 0.3 is 5.97 Å². The van der Waals surface area contributed by atoms with E-state index in [2.05, 4.69) is 4.99 Å². The maximum atomic E-state index is 13.7. The Labute approximate surface area is 206 Å². The molecule has 0 amide bonds. The molecule has 2 heterocycles. The van der Waals surface area contributed by atoms with Crippen LogP contribution in [0.1, 0.15) is 44.9 Å². The molecule has 0 fully saturated rings. The molecule has 0 spiro atoms. The van der Waals surface area contributed by atoms with E-state index in [4.69, 9.17) is 21.1 Å². The maximum Gasteiger partial charge on any atom is 0.338 e. The molecule has 0 bridgehead atoms. The first-order valence-corrected chi connectivity index (χ1v) is 12.2. The Morgan fingerprint density at radius 3 is 2.65 bits per heavy atom. The van der Waals surface area contributed by atoms with Crippen molar-refractivity contribution in [3.8, 4) is 5.75 Å². The molecule has 0 saturated carbocycles. The molecule has 1 atom stereocenters. The lowest BCUT2D eigenvalue weighted by Gasteiger charge is -2.24. The summed E-state index contributed by atoms with van der Waals surface area (Å²) in [5.41, 5.74) is 2.15. The largest absolute Gasteiger partial charge is 0.490 e. The fourth-order valence-corrected chi connectivity index (χ4v) is 5.09. The number of halogens is 1. The van der Waals surface area contributed by atoms with Crippen LogP contribution in [-0.4, -0.2) is 23.2 Å². The van der Waals surface area contributed by atoms with Gasteiger partial charge in [-0.05, 0) is 57.5 Å². The van der Waals surface area contributed by atoms with Crippen LogP contribution in [0.3, 0.4) is 0 Å². The second kappa shape index (κ2) is 9.99. The summed E-state index contributed by atoms with van der Waals surface area (Å²) in [5, 5.41) is 0.540. The van der Waals surface area contributed by atoms with Gasteiger partial charge in [-0.2, -0.15) is 0 Å². The Morgan fingerprint density at radius 2 is 1.97 bits per heavy atom.